The van der Waals surface area contributed by atoms with Gasteiger partial charge in [0, 0.05) is 29.0 Å². The number of esters is 1. The summed E-state index contributed by atoms with van der Waals surface area (Å²) in [7, 11) is 0. The number of aliphatic hydroxyl groups excluding tert-OH is 2. The van der Waals surface area contributed by atoms with Crippen LogP contribution in [0.4, 0.5) is 0 Å². The molecule has 0 heterocycles. The highest BCUT2D eigenvalue weighted by atomic mass is 35.5. The van der Waals surface area contributed by atoms with Gasteiger partial charge in [-0.05, 0) is 23.8 Å². The first kappa shape index (κ1) is 19.7. The van der Waals surface area contributed by atoms with Gasteiger partial charge >= 0.3 is 11.9 Å². The van der Waals surface area contributed by atoms with Crippen molar-refractivity contribution in [2.75, 3.05) is 0 Å². The summed E-state index contributed by atoms with van der Waals surface area (Å²) in [5.74, 6) is -2.46. The predicted octanol–water partition coefficient (Wildman–Crippen LogP) is 1.25. The summed E-state index contributed by atoms with van der Waals surface area (Å²) in [5.41, 5.74) is -1.79. The summed E-state index contributed by atoms with van der Waals surface area (Å²) in [6, 6.07) is 4.64. The van der Waals surface area contributed by atoms with E-state index in [0.29, 0.717) is 15.6 Å². The minimum Gasteiger partial charge on any atom is -0.479 e. The van der Waals surface area contributed by atoms with Crippen LogP contribution in [-0.4, -0.2) is 56.3 Å². The lowest BCUT2D eigenvalue weighted by Crippen LogP contribution is -2.57. The molecule has 2 rings (SSSR count). The van der Waals surface area contributed by atoms with Crippen LogP contribution in [0.1, 0.15) is 18.4 Å². The summed E-state index contributed by atoms with van der Waals surface area (Å²) in [6.45, 7) is 0. The molecule has 0 spiro atoms. The van der Waals surface area contributed by atoms with Gasteiger partial charge in [-0.25, -0.2) is 9.59 Å². The van der Waals surface area contributed by atoms with Crippen LogP contribution in [-0.2, 0) is 14.3 Å². The van der Waals surface area contributed by atoms with Crippen molar-refractivity contribution in [1.29, 1.82) is 0 Å². The number of hydrogen-bond donors (Lipinski definition) is 4. The number of carboxylic acids is 1. The molecular formula is C16H16Cl2O7. The van der Waals surface area contributed by atoms with Crippen LogP contribution in [0.15, 0.2) is 24.3 Å². The van der Waals surface area contributed by atoms with E-state index in [4.69, 9.17) is 33.0 Å². The first-order chi connectivity index (χ1) is 11.6. The van der Waals surface area contributed by atoms with Crippen molar-refractivity contribution in [3.8, 4) is 0 Å². The topological polar surface area (TPSA) is 124 Å². The summed E-state index contributed by atoms with van der Waals surface area (Å²) in [6.07, 6.45) is -3.13. The molecule has 0 unspecified atom stereocenters. The van der Waals surface area contributed by atoms with E-state index in [2.05, 4.69) is 0 Å². The largest absolute Gasteiger partial charge is 0.479 e. The van der Waals surface area contributed by atoms with Crippen LogP contribution in [0, 0.1) is 0 Å². The number of halogens is 2. The van der Waals surface area contributed by atoms with Crippen LogP contribution in [0.5, 0.6) is 0 Å². The smallest absolute Gasteiger partial charge is 0.335 e. The Morgan fingerprint density at radius 3 is 2.52 bits per heavy atom. The Morgan fingerprint density at radius 1 is 1.24 bits per heavy atom. The van der Waals surface area contributed by atoms with E-state index in [9.17, 15) is 24.9 Å². The molecule has 0 bridgehead atoms. The average molecular weight is 391 g/mol. The van der Waals surface area contributed by atoms with Crippen LogP contribution in [0.3, 0.4) is 0 Å². The number of carbonyl (C=O) groups is 2. The van der Waals surface area contributed by atoms with Gasteiger partial charge in [0.15, 0.2) is 5.60 Å². The Hall–Kier alpha value is -1.64. The molecule has 4 atom stereocenters. The van der Waals surface area contributed by atoms with Crippen molar-refractivity contribution in [1.82, 2.24) is 0 Å². The lowest BCUT2D eigenvalue weighted by atomic mass is 9.79. The van der Waals surface area contributed by atoms with Gasteiger partial charge in [0.25, 0.3) is 0 Å². The lowest BCUT2D eigenvalue weighted by Gasteiger charge is -2.39. The van der Waals surface area contributed by atoms with Gasteiger partial charge in [-0.1, -0.05) is 29.3 Å². The van der Waals surface area contributed by atoms with Gasteiger partial charge in [0.1, 0.15) is 12.2 Å². The zero-order valence-corrected chi connectivity index (χ0v) is 14.3. The van der Waals surface area contributed by atoms with Gasteiger partial charge in [-0.3, -0.25) is 0 Å². The fourth-order valence-electron chi connectivity index (χ4n) is 2.52. The third-order valence-corrected chi connectivity index (χ3v) is 4.45. The molecule has 25 heavy (non-hydrogen) atoms. The zero-order valence-electron chi connectivity index (χ0n) is 12.8. The standard InChI is InChI=1S/C16H16Cl2O7/c17-9-3-1-8(10(18)5-9)2-4-13(20)25-12-7-16(24,15(22)23)6-11(19)14(12)21/h1-5,11-12,14,19,21,24H,6-7H2,(H,22,23)/b4-2+/t11-,12-,14-,16+/m1/s1. The van der Waals surface area contributed by atoms with Gasteiger partial charge in [0.05, 0.1) is 6.10 Å². The molecule has 0 radical (unpaired) electrons. The minimum absolute atomic E-state index is 0.310. The third kappa shape index (κ3) is 4.71. The third-order valence-electron chi connectivity index (χ3n) is 3.89. The van der Waals surface area contributed by atoms with Crippen LogP contribution in [0.2, 0.25) is 10.0 Å². The molecule has 1 aromatic rings. The molecule has 1 aromatic carbocycles. The highest BCUT2D eigenvalue weighted by Gasteiger charge is 2.50. The molecule has 7 nitrogen and oxygen atoms in total. The zero-order chi connectivity index (χ0) is 18.8. The predicted molar refractivity (Wildman–Crippen MR) is 89.2 cm³/mol. The molecule has 4 N–H and O–H groups in total. The fourth-order valence-corrected chi connectivity index (χ4v) is 2.99. The summed E-state index contributed by atoms with van der Waals surface area (Å²) < 4.78 is 4.98. The fraction of sp³-hybridized carbons (Fsp3) is 0.375. The van der Waals surface area contributed by atoms with Crippen molar-refractivity contribution in [3.05, 3.63) is 39.9 Å². The van der Waals surface area contributed by atoms with E-state index >= 15 is 0 Å². The number of benzene rings is 1. The number of carbonyl (C=O) groups excluding carboxylic acids is 1. The maximum atomic E-state index is 11.9. The summed E-state index contributed by atoms with van der Waals surface area (Å²) in [4.78, 5) is 23.0. The lowest BCUT2D eigenvalue weighted by molar-refractivity contribution is -0.196. The Bertz CT molecular complexity index is 706. The molecule has 9 heteroatoms. The van der Waals surface area contributed by atoms with E-state index in [1.54, 1.807) is 12.1 Å². The second-order valence-electron chi connectivity index (χ2n) is 5.78. The molecule has 136 valence electrons. The quantitative estimate of drug-likeness (QED) is 0.450. The van der Waals surface area contributed by atoms with Gasteiger partial charge in [-0.2, -0.15) is 0 Å². The molecule has 0 amide bonds. The first-order valence-electron chi connectivity index (χ1n) is 7.28. The molecule has 1 aliphatic carbocycles. The number of aliphatic hydroxyl groups is 3. The SMILES string of the molecule is O=C(/C=C/c1ccc(Cl)cc1Cl)O[C@@H]1C[C@](O)(C(=O)O)C[C@@H](O)[C@H]1O. The summed E-state index contributed by atoms with van der Waals surface area (Å²) >= 11 is 11.7. The number of aliphatic carboxylic acids is 1. The molecule has 1 saturated carbocycles. The average Bonchev–Trinajstić information content (AvgIpc) is 2.51. The van der Waals surface area contributed by atoms with E-state index in [1.807, 2.05) is 0 Å². The maximum Gasteiger partial charge on any atom is 0.335 e. The van der Waals surface area contributed by atoms with Crippen molar-refractivity contribution in [2.24, 2.45) is 0 Å². The van der Waals surface area contributed by atoms with Gasteiger partial charge in [-0.15, -0.1) is 0 Å². The Labute approximate surface area is 153 Å². The normalized spacial score (nSPS) is 29.6. The highest BCUT2D eigenvalue weighted by Crippen LogP contribution is 2.31. The van der Waals surface area contributed by atoms with Crippen LogP contribution in [0.25, 0.3) is 6.08 Å². The molecule has 0 saturated heterocycles. The Morgan fingerprint density at radius 2 is 1.92 bits per heavy atom. The van der Waals surface area contributed by atoms with Crippen LogP contribution >= 0.6 is 23.2 Å². The minimum atomic E-state index is -2.28. The molecule has 1 aliphatic rings. The Balaban J connectivity index is 2.07. The second kappa shape index (κ2) is 7.72. The van der Waals surface area contributed by atoms with Crippen molar-refractivity contribution in [2.45, 2.75) is 36.8 Å². The van der Waals surface area contributed by atoms with Crippen molar-refractivity contribution >= 4 is 41.2 Å². The van der Waals surface area contributed by atoms with Crippen molar-refractivity contribution < 1.29 is 34.8 Å². The van der Waals surface area contributed by atoms with E-state index in [0.717, 1.165) is 6.08 Å². The van der Waals surface area contributed by atoms with Gasteiger partial charge in [0.2, 0.25) is 0 Å². The summed E-state index contributed by atoms with van der Waals surface area (Å²) in [5, 5.41) is 39.3. The van der Waals surface area contributed by atoms with Gasteiger partial charge < -0.3 is 25.2 Å². The number of carboxylic acid groups (broad SMARTS) is 1. The number of rotatable bonds is 4. The molecular weight excluding hydrogens is 375 g/mol. The number of hydrogen-bond acceptors (Lipinski definition) is 6. The number of ether oxygens (including phenoxy) is 1. The van der Waals surface area contributed by atoms with E-state index < -0.39 is 48.7 Å². The molecule has 0 aliphatic heterocycles. The van der Waals surface area contributed by atoms with Crippen molar-refractivity contribution in [3.63, 3.8) is 0 Å². The van der Waals surface area contributed by atoms with E-state index in [-0.39, 0.29) is 0 Å². The Kier molecular flexibility index (Phi) is 6.08. The monoisotopic (exact) mass is 390 g/mol. The van der Waals surface area contributed by atoms with Crippen LogP contribution < -0.4 is 0 Å². The first-order valence-corrected chi connectivity index (χ1v) is 8.03. The molecule has 0 aromatic heterocycles. The molecule has 1 fully saturated rings. The second-order valence-corrected chi connectivity index (χ2v) is 6.62. The highest BCUT2D eigenvalue weighted by molar-refractivity contribution is 6.35. The maximum absolute atomic E-state index is 11.9. The van der Waals surface area contributed by atoms with E-state index in [1.165, 1.54) is 12.1 Å².